The molecule has 2 heterocycles. The zero-order valence-corrected chi connectivity index (χ0v) is 26.7. The molecule has 4 N–H and O–H groups in total. The van der Waals surface area contributed by atoms with Crippen molar-refractivity contribution < 1.29 is 46.8 Å². The average Bonchev–Trinajstić information content (AvgIpc) is 3.66. The van der Waals surface area contributed by atoms with E-state index in [4.69, 9.17) is 9.47 Å². The van der Waals surface area contributed by atoms with E-state index in [2.05, 4.69) is 15.7 Å². The van der Waals surface area contributed by atoms with E-state index in [-0.39, 0.29) is 29.0 Å². The van der Waals surface area contributed by atoms with Gasteiger partial charge in [0, 0.05) is 23.1 Å². The Morgan fingerprint density at radius 1 is 1.12 bits per heavy atom. The molecule has 1 aliphatic rings. The van der Waals surface area contributed by atoms with Gasteiger partial charge in [-0.05, 0) is 85.8 Å². The van der Waals surface area contributed by atoms with Gasteiger partial charge in [0.2, 0.25) is 5.72 Å². The largest absolute Gasteiger partial charge is 0.496 e. The van der Waals surface area contributed by atoms with Crippen molar-refractivity contribution >= 4 is 28.5 Å². The van der Waals surface area contributed by atoms with Gasteiger partial charge in [-0.2, -0.15) is 18.3 Å². The number of aromatic nitrogens is 2. The highest BCUT2D eigenvalue weighted by Gasteiger charge is 2.56. The van der Waals surface area contributed by atoms with E-state index < -0.39 is 53.6 Å². The first-order valence-electron chi connectivity index (χ1n) is 15.2. The third-order valence-electron chi connectivity index (χ3n) is 8.54. The van der Waals surface area contributed by atoms with Gasteiger partial charge in [-0.3, -0.25) is 5.32 Å². The van der Waals surface area contributed by atoms with Crippen molar-refractivity contribution in [3.05, 3.63) is 83.3 Å². The number of hydrogen-bond acceptors (Lipinski definition) is 9. The van der Waals surface area contributed by atoms with Crippen LogP contribution in [-0.4, -0.2) is 69.6 Å². The minimum atomic E-state index is -5.06. The summed E-state index contributed by atoms with van der Waals surface area (Å²) in [5.74, 6) is -2.55. The van der Waals surface area contributed by atoms with Gasteiger partial charge in [-0.15, -0.1) is 0 Å². The molecule has 14 heteroatoms. The molecule has 3 aromatic carbocycles. The van der Waals surface area contributed by atoms with Crippen LogP contribution in [0.3, 0.4) is 0 Å². The number of carbonyl (C=O) groups excluding carboxylic acids is 2. The Morgan fingerprint density at radius 3 is 2.54 bits per heavy atom. The maximum Gasteiger partial charge on any atom is 0.418 e. The van der Waals surface area contributed by atoms with Crippen molar-refractivity contribution in [1.29, 1.82) is 0 Å². The van der Waals surface area contributed by atoms with E-state index in [1.165, 1.54) is 50.0 Å². The van der Waals surface area contributed by atoms with E-state index in [0.717, 1.165) is 12.1 Å². The summed E-state index contributed by atoms with van der Waals surface area (Å²) in [6, 6.07) is 13.0. The number of benzene rings is 3. The standard InChI is InChI=1S/C34H36F4N4O6/c1-20-13-26(39-19-32(45,34(36,37)38)18-31(2,3)25-16-22(35)9-10-28(25)47-4)24-17-41-42(27(24)14-20)23-8-5-7-21(15-23)29(43)48-30(44)33(46)11-6-12-40-33/h5,7-10,13-17,39-40,45-46H,6,11-12,18-19H2,1-4H3/t32?,33-/m0/s1. The molecule has 0 amide bonds. The highest BCUT2D eigenvalue weighted by Crippen LogP contribution is 2.44. The number of esters is 2. The van der Waals surface area contributed by atoms with Gasteiger partial charge in [0.25, 0.3) is 0 Å². The van der Waals surface area contributed by atoms with Gasteiger partial charge in [-0.1, -0.05) is 19.9 Å². The van der Waals surface area contributed by atoms with E-state index in [1.807, 2.05) is 0 Å². The molecule has 2 atom stereocenters. The number of hydrogen-bond donors (Lipinski definition) is 4. The summed E-state index contributed by atoms with van der Waals surface area (Å²) in [5, 5.41) is 31.7. The molecular weight excluding hydrogens is 636 g/mol. The molecule has 10 nitrogen and oxygen atoms in total. The number of aliphatic hydroxyl groups is 2. The predicted molar refractivity (Wildman–Crippen MR) is 169 cm³/mol. The summed E-state index contributed by atoms with van der Waals surface area (Å²) in [4.78, 5) is 25.2. The molecule has 0 aliphatic carbocycles. The SMILES string of the molecule is COc1ccc(F)cc1C(C)(C)CC(O)(CNc1cc(C)cc2c1cnn2-c1cccc(C(=O)OC(=O)[C@@]2(O)CCCN2)c1)C(F)(F)F. The van der Waals surface area contributed by atoms with Crippen molar-refractivity contribution in [3.8, 4) is 11.4 Å². The molecule has 256 valence electrons. The molecule has 0 radical (unpaired) electrons. The lowest BCUT2D eigenvalue weighted by molar-refractivity contribution is -0.260. The second-order valence-corrected chi connectivity index (χ2v) is 12.7. The Bertz CT molecular complexity index is 1850. The fraction of sp³-hybridized carbons (Fsp3) is 0.382. The van der Waals surface area contributed by atoms with Crippen LogP contribution < -0.4 is 15.4 Å². The van der Waals surface area contributed by atoms with Crippen molar-refractivity contribution in [2.24, 2.45) is 0 Å². The summed E-state index contributed by atoms with van der Waals surface area (Å²) in [5.41, 5.74) is -4.58. The summed E-state index contributed by atoms with van der Waals surface area (Å²) < 4.78 is 69.4. The van der Waals surface area contributed by atoms with Crippen LogP contribution in [0, 0.1) is 12.7 Å². The smallest absolute Gasteiger partial charge is 0.418 e. The number of rotatable bonds is 10. The van der Waals surface area contributed by atoms with Crippen LogP contribution >= 0.6 is 0 Å². The number of halogens is 4. The third kappa shape index (κ3) is 6.86. The molecule has 4 aromatic rings. The molecule has 5 rings (SSSR count). The summed E-state index contributed by atoms with van der Waals surface area (Å²) in [7, 11) is 1.33. The van der Waals surface area contributed by atoms with Gasteiger partial charge >= 0.3 is 18.1 Å². The van der Waals surface area contributed by atoms with Crippen LogP contribution in [0.5, 0.6) is 5.75 Å². The Labute approximate surface area is 273 Å². The number of alkyl halides is 3. The molecule has 1 aliphatic heterocycles. The zero-order chi connectivity index (χ0) is 35.1. The monoisotopic (exact) mass is 672 g/mol. The topological polar surface area (TPSA) is 135 Å². The van der Waals surface area contributed by atoms with E-state index >= 15 is 0 Å². The maximum atomic E-state index is 14.5. The Hall–Kier alpha value is -4.53. The van der Waals surface area contributed by atoms with Crippen LogP contribution in [-0.2, 0) is 14.9 Å². The van der Waals surface area contributed by atoms with Gasteiger partial charge in [0.1, 0.15) is 11.6 Å². The third-order valence-corrected chi connectivity index (χ3v) is 8.54. The van der Waals surface area contributed by atoms with Gasteiger partial charge < -0.3 is 25.0 Å². The summed E-state index contributed by atoms with van der Waals surface area (Å²) in [6.45, 7) is 4.15. The van der Waals surface area contributed by atoms with Crippen LogP contribution in [0.2, 0.25) is 0 Å². The Balaban J connectivity index is 1.41. The molecule has 0 spiro atoms. The van der Waals surface area contributed by atoms with Gasteiger partial charge in [0.05, 0.1) is 36.6 Å². The fourth-order valence-electron chi connectivity index (χ4n) is 6.05. The zero-order valence-electron chi connectivity index (χ0n) is 26.7. The second-order valence-electron chi connectivity index (χ2n) is 12.7. The van der Waals surface area contributed by atoms with Crippen molar-refractivity contribution in [2.75, 3.05) is 25.5 Å². The molecule has 0 saturated carbocycles. The lowest BCUT2D eigenvalue weighted by Crippen LogP contribution is -2.53. The highest BCUT2D eigenvalue weighted by molar-refractivity contribution is 5.99. The lowest BCUT2D eigenvalue weighted by Gasteiger charge is -2.38. The van der Waals surface area contributed by atoms with Crippen LogP contribution in [0.1, 0.15) is 54.6 Å². The number of fused-ring (bicyclic) bond motifs is 1. The van der Waals surface area contributed by atoms with Gasteiger partial charge in [-0.25, -0.2) is 18.7 Å². The van der Waals surface area contributed by atoms with Crippen LogP contribution in [0.15, 0.2) is 60.8 Å². The summed E-state index contributed by atoms with van der Waals surface area (Å²) in [6.07, 6.45) is -3.81. The predicted octanol–water partition coefficient (Wildman–Crippen LogP) is 5.31. The van der Waals surface area contributed by atoms with Crippen molar-refractivity contribution in [1.82, 2.24) is 15.1 Å². The molecule has 48 heavy (non-hydrogen) atoms. The number of anilines is 1. The minimum absolute atomic E-state index is 0.00452. The molecule has 1 fully saturated rings. The normalized spacial score (nSPS) is 18.0. The number of nitrogens with one attached hydrogen (secondary N) is 2. The lowest BCUT2D eigenvalue weighted by atomic mass is 9.74. The van der Waals surface area contributed by atoms with Gasteiger partial charge in [0.15, 0.2) is 5.60 Å². The number of aryl methyl sites for hydroxylation is 1. The Morgan fingerprint density at radius 2 is 1.88 bits per heavy atom. The molecular formula is C34H36F4N4O6. The quantitative estimate of drug-likeness (QED) is 0.100. The molecule has 1 aromatic heterocycles. The number of nitrogens with zero attached hydrogens (tertiary/aromatic N) is 2. The van der Waals surface area contributed by atoms with Crippen LogP contribution in [0.4, 0.5) is 23.2 Å². The molecule has 0 bridgehead atoms. The van der Waals surface area contributed by atoms with E-state index in [9.17, 15) is 37.4 Å². The molecule has 1 saturated heterocycles. The molecule has 1 unspecified atom stereocenters. The average molecular weight is 673 g/mol. The van der Waals surface area contributed by atoms with Crippen molar-refractivity contribution in [2.45, 2.75) is 63.0 Å². The first kappa shape index (κ1) is 34.8. The number of methoxy groups -OCH3 is 1. The fourth-order valence-corrected chi connectivity index (χ4v) is 6.05. The summed E-state index contributed by atoms with van der Waals surface area (Å²) >= 11 is 0. The number of carbonyl (C=O) groups is 2. The van der Waals surface area contributed by atoms with Crippen molar-refractivity contribution in [3.63, 3.8) is 0 Å². The van der Waals surface area contributed by atoms with E-state index in [0.29, 0.717) is 35.1 Å². The first-order valence-corrected chi connectivity index (χ1v) is 15.2. The van der Waals surface area contributed by atoms with E-state index in [1.54, 1.807) is 31.2 Å². The maximum absolute atomic E-state index is 14.5. The number of ether oxygens (including phenoxy) is 2. The Kier molecular flexibility index (Phi) is 9.30. The highest BCUT2D eigenvalue weighted by atomic mass is 19.4. The minimum Gasteiger partial charge on any atom is -0.496 e. The van der Waals surface area contributed by atoms with Crippen LogP contribution in [0.25, 0.3) is 16.6 Å². The first-order chi connectivity index (χ1) is 22.5. The second kappa shape index (κ2) is 12.8.